The highest BCUT2D eigenvalue weighted by molar-refractivity contribution is 6.30. The summed E-state index contributed by atoms with van der Waals surface area (Å²) in [5.74, 6) is 0.620. The van der Waals surface area contributed by atoms with Crippen LogP contribution >= 0.6 is 24.0 Å². The number of benzene rings is 4. The summed E-state index contributed by atoms with van der Waals surface area (Å²) in [7, 11) is 3.24. The lowest BCUT2D eigenvalue weighted by Crippen LogP contribution is -2.45. The molecule has 2 amide bonds. The van der Waals surface area contributed by atoms with Crippen molar-refractivity contribution < 1.29 is 32.9 Å². The number of carbonyl (C=O) groups is 2. The first kappa shape index (κ1) is 43.4. The highest BCUT2D eigenvalue weighted by Crippen LogP contribution is 2.45. The van der Waals surface area contributed by atoms with Gasteiger partial charge in [-0.15, -0.1) is 12.4 Å². The van der Waals surface area contributed by atoms with E-state index in [4.69, 9.17) is 30.5 Å². The SMILES string of the molecule is COc1cccc(CCCNCCCOc2cccc([C@@H]3O[C@@H](CC(=O)NCc4ccccc4F)C(=O)N(CC(C)(C)C)c4ccc(Cl)cc43)c2OC)c1.Cl. The summed E-state index contributed by atoms with van der Waals surface area (Å²) in [6, 6.07) is 25.3. The van der Waals surface area contributed by atoms with Crippen LogP contribution in [-0.4, -0.2) is 58.4 Å². The van der Waals surface area contributed by atoms with Crippen molar-refractivity contribution in [2.24, 2.45) is 5.41 Å². The molecule has 0 unspecified atom stereocenters. The molecule has 0 bridgehead atoms. The molecule has 4 aromatic rings. The summed E-state index contributed by atoms with van der Waals surface area (Å²) in [5.41, 5.74) is 3.20. The Bertz CT molecular complexity index is 1890. The van der Waals surface area contributed by atoms with Gasteiger partial charge in [0.25, 0.3) is 5.91 Å². The van der Waals surface area contributed by atoms with E-state index in [9.17, 15) is 14.0 Å². The van der Waals surface area contributed by atoms with Crippen molar-refractivity contribution in [2.45, 2.75) is 65.2 Å². The van der Waals surface area contributed by atoms with Crippen LogP contribution in [-0.2, 0) is 27.3 Å². The van der Waals surface area contributed by atoms with Crippen LogP contribution in [0.1, 0.15) is 68.4 Å². The first-order valence-corrected chi connectivity index (χ1v) is 18.7. The molecule has 0 aromatic heterocycles. The second-order valence-electron chi connectivity index (χ2n) is 14.6. The lowest BCUT2D eigenvalue weighted by Gasteiger charge is -2.31. The van der Waals surface area contributed by atoms with Gasteiger partial charge in [0.15, 0.2) is 11.5 Å². The number of ether oxygens (including phenoxy) is 4. The molecule has 2 atom stereocenters. The number of nitrogens with zero attached hydrogens (tertiary/aromatic N) is 1. The summed E-state index contributed by atoms with van der Waals surface area (Å²) in [4.78, 5) is 29.4. The molecule has 296 valence electrons. The summed E-state index contributed by atoms with van der Waals surface area (Å²) in [6.07, 6.45) is 0.430. The molecule has 1 aliphatic heterocycles. The van der Waals surface area contributed by atoms with Gasteiger partial charge < -0.3 is 34.5 Å². The quantitative estimate of drug-likeness (QED) is 0.104. The van der Waals surface area contributed by atoms with Crippen molar-refractivity contribution in [3.05, 3.63) is 118 Å². The number of methoxy groups -OCH3 is 2. The predicted octanol–water partition coefficient (Wildman–Crippen LogP) is 8.48. The monoisotopic (exact) mass is 795 g/mol. The van der Waals surface area contributed by atoms with Gasteiger partial charge in [0.05, 0.1) is 27.2 Å². The lowest BCUT2D eigenvalue weighted by molar-refractivity contribution is -0.138. The van der Waals surface area contributed by atoms with Gasteiger partial charge in [0.2, 0.25) is 5.91 Å². The number of hydrogen-bond acceptors (Lipinski definition) is 7. The maximum Gasteiger partial charge on any atom is 0.256 e. The predicted molar refractivity (Wildman–Crippen MR) is 217 cm³/mol. The lowest BCUT2D eigenvalue weighted by atomic mass is 9.94. The van der Waals surface area contributed by atoms with Crippen molar-refractivity contribution >= 4 is 41.5 Å². The van der Waals surface area contributed by atoms with Gasteiger partial charge in [0.1, 0.15) is 23.8 Å². The Morgan fingerprint density at radius 3 is 2.44 bits per heavy atom. The van der Waals surface area contributed by atoms with Crippen LogP contribution in [0.2, 0.25) is 5.02 Å². The standard InChI is InChI=1S/C43H51ClFN3O6.ClH/c1-43(2,3)28-48-36-20-19-31(44)25-34(36)40(54-38(42(48)50)26-39(49)47-27-30-14-6-7-17-35(30)45)33-16-9-18-37(41(33)52-5)53-23-11-22-46-21-10-13-29-12-8-15-32(24-29)51-4;/h6-9,12,14-20,24-25,38,40,46H,10-11,13,21-23,26-28H2,1-5H3,(H,47,49);1H/t38-,40-;/m0./s1. The fourth-order valence-electron chi connectivity index (χ4n) is 6.48. The van der Waals surface area contributed by atoms with Gasteiger partial charge in [-0.2, -0.15) is 0 Å². The van der Waals surface area contributed by atoms with Crippen molar-refractivity contribution in [1.82, 2.24) is 10.6 Å². The Labute approximate surface area is 335 Å². The zero-order valence-electron chi connectivity index (χ0n) is 32.2. The average Bonchev–Trinajstić information content (AvgIpc) is 3.25. The van der Waals surface area contributed by atoms with Crippen molar-refractivity contribution in [3.8, 4) is 17.2 Å². The molecule has 2 N–H and O–H groups in total. The third kappa shape index (κ3) is 12.1. The second kappa shape index (κ2) is 20.5. The molecule has 55 heavy (non-hydrogen) atoms. The summed E-state index contributed by atoms with van der Waals surface area (Å²) < 4.78 is 38.5. The van der Waals surface area contributed by atoms with Crippen LogP contribution in [0.4, 0.5) is 10.1 Å². The van der Waals surface area contributed by atoms with E-state index in [2.05, 4.69) is 22.8 Å². The molecule has 5 rings (SSSR count). The van der Waals surface area contributed by atoms with Crippen molar-refractivity contribution in [3.63, 3.8) is 0 Å². The van der Waals surface area contributed by atoms with Crippen LogP contribution in [0.5, 0.6) is 17.2 Å². The van der Waals surface area contributed by atoms with Crippen LogP contribution in [0.3, 0.4) is 0 Å². The minimum absolute atomic E-state index is 0. The van der Waals surface area contributed by atoms with E-state index < -0.39 is 23.9 Å². The van der Waals surface area contributed by atoms with Gasteiger partial charge in [-0.3, -0.25) is 9.59 Å². The first-order valence-electron chi connectivity index (χ1n) is 18.4. The highest BCUT2D eigenvalue weighted by atomic mass is 35.5. The molecular formula is C43H52Cl2FN3O6. The smallest absolute Gasteiger partial charge is 0.256 e. The largest absolute Gasteiger partial charge is 0.497 e. The minimum Gasteiger partial charge on any atom is -0.497 e. The number of fused-ring (bicyclic) bond motifs is 1. The molecule has 0 spiro atoms. The third-order valence-corrected chi connectivity index (χ3v) is 9.28. The summed E-state index contributed by atoms with van der Waals surface area (Å²) in [5, 5.41) is 6.71. The normalized spacial score (nSPS) is 15.4. The molecule has 4 aromatic carbocycles. The molecule has 0 radical (unpaired) electrons. The molecule has 0 saturated carbocycles. The maximum absolute atomic E-state index is 14.4. The fraction of sp³-hybridized carbons (Fsp3) is 0.395. The van der Waals surface area contributed by atoms with E-state index in [0.29, 0.717) is 52.1 Å². The van der Waals surface area contributed by atoms with E-state index in [1.54, 1.807) is 49.5 Å². The van der Waals surface area contributed by atoms with E-state index in [1.807, 2.05) is 57.2 Å². The Hall–Kier alpha value is -4.35. The van der Waals surface area contributed by atoms with E-state index in [-0.39, 0.29) is 36.7 Å². The van der Waals surface area contributed by atoms with Crippen molar-refractivity contribution in [1.29, 1.82) is 0 Å². The maximum atomic E-state index is 14.4. The zero-order chi connectivity index (χ0) is 38.7. The molecule has 0 fully saturated rings. The third-order valence-electron chi connectivity index (χ3n) is 9.05. The molecule has 1 aliphatic rings. The number of hydrogen-bond donors (Lipinski definition) is 2. The second-order valence-corrected chi connectivity index (χ2v) is 15.0. The van der Waals surface area contributed by atoms with Crippen LogP contribution in [0.15, 0.2) is 84.9 Å². The number of nitrogens with one attached hydrogen (secondary N) is 2. The van der Waals surface area contributed by atoms with Crippen LogP contribution in [0, 0.1) is 11.2 Å². The number of aryl methyl sites for hydroxylation is 1. The molecule has 9 nitrogen and oxygen atoms in total. The topological polar surface area (TPSA) is 98.4 Å². The zero-order valence-corrected chi connectivity index (χ0v) is 33.7. The van der Waals surface area contributed by atoms with Gasteiger partial charge in [-0.1, -0.05) is 74.8 Å². The molecule has 0 saturated heterocycles. The molecular weight excluding hydrogens is 744 g/mol. The summed E-state index contributed by atoms with van der Waals surface area (Å²) >= 11 is 6.59. The molecule has 12 heteroatoms. The first-order chi connectivity index (χ1) is 26.0. The number of amides is 2. The van der Waals surface area contributed by atoms with E-state index >= 15 is 0 Å². The Morgan fingerprint density at radius 1 is 0.927 bits per heavy atom. The number of para-hydroxylation sites is 1. The van der Waals surface area contributed by atoms with Gasteiger partial charge in [-0.05, 0) is 85.8 Å². The highest BCUT2D eigenvalue weighted by Gasteiger charge is 2.40. The Kier molecular flexibility index (Phi) is 16.2. The van der Waals surface area contributed by atoms with E-state index in [0.717, 1.165) is 38.1 Å². The van der Waals surface area contributed by atoms with Crippen LogP contribution < -0.4 is 29.7 Å². The van der Waals surface area contributed by atoms with Gasteiger partial charge in [0, 0.05) is 40.5 Å². The molecule has 1 heterocycles. The minimum atomic E-state index is -1.17. The van der Waals surface area contributed by atoms with Gasteiger partial charge >= 0.3 is 0 Å². The van der Waals surface area contributed by atoms with Gasteiger partial charge in [-0.25, -0.2) is 4.39 Å². The fourth-order valence-corrected chi connectivity index (χ4v) is 6.66. The van der Waals surface area contributed by atoms with Crippen molar-refractivity contribution in [2.75, 3.05) is 45.4 Å². The average molecular weight is 797 g/mol. The van der Waals surface area contributed by atoms with E-state index in [1.165, 1.54) is 11.6 Å². The molecule has 0 aliphatic carbocycles. The number of anilines is 1. The Balaban J connectivity index is 0.00000673. The number of carbonyl (C=O) groups excluding carboxylic acids is 2. The number of halogens is 3. The summed E-state index contributed by atoms with van der Waals surface area (Å²) in [6.45, 7) is 8.56. The van der Waals surface area contributed by atoms with Crippen LogP contribution in [0.25, 0.3) is 0 Å². The number of rotatable bonds is 17. The Morgan fingerprint density at radius 2 is 1.69 bits per heavy atom.